The molecular weight excluding hydrogens is 371 g/mol. The Morgan fingerprint density at radius 2 is 2.13 bits per heavy atom. The van der Waals surface area contributed by atoms with Crippen molar-refractivity contribution in [2.45, 2.75) is 5.32 Å². The van der Waals surface area contributed by atoms with Crippen LogP contribution in [0.1, 0.15) is 5.56 Å². The van der Waals surface area contributed by atoms with Crippen molar-refractivity contribution < 1.29 is 0 Å². The maximum atomic E-state index is 9.59. The van der Waals surface area contributed by atoms with Crippen LogP contribution in [0, 0.1) is 22.7 Å². The summed E-state index contributed by atoms with van der Waals surface area (Å²) in [5, 5.41) is 20.9. The Hall–Kier alpha value is -2.50. The summed E-state index contributed by atoms with van der Waals surface area (Å²) >= 11 is 1.44. The first-order valence-electron chi connectivity index (χ1n) is 6.72. The van der Waals surface area contributed by atoms with Crippen LogP contribution < -0.4 is 4.59 Å². The van der Waals surface area contributed by atoms with E-state index in [0.29, 0.717) is 10.9 Å². The van der Waals surface area contributed by atoms with E-state index in [4.69, 9.17) is 5.26 Å². The quantitative estimate of drug-likeness (QED) is 0.652. The molecule has 3 aromatic rings. The number of thiophene rings is 1. The van der Waals surface area contributed by atoms with E-state index in [1.807, 2.05) is 35.7 Å². The fourth-order valence-corrected chi connectivity index (χ4v) is 4.27. The van der Waals surface area contributed by atoms with Gasteiger partial charge >= 0.3 is 144 Å². The Morgan fingerprint density at radius 3 is 2.78 bits per heavy atom. The average molecular weight is 381 g/mol. The second-order valence-electron chi connectivity index (χ2n) is 4.51. The van der Waals surface area contributed by atoms with Gasteiger partial charge in [-0.2, -0.15) is 0 Å². The van der Waals surface area contributed by atoms with Crippen LogP contribution in [-0.2, 0) is 0 Å². The van der Waals surface area contributed by atoms with Gasteiger partial charge in [0.15, 0.2) is 0 Å². The zero-order valence-corrected chi connectivity index (χ0v) is 14.5. The summed E-state index contributed by atoms with van der Waals surface area (Å²) in [6, 6.07) is 14.1. The molecule has 0 amide bonds. The van der Waals surface area contributed by atoms with E-state index in [2.05, 4.69) is 22.1 Å². The molecular formula is C17H10N4SSe. The summed E-state index contributed by atoms with van der Waals surface area (Å²) in [7, 11) is 0. The van der Waals surface area contributed by atoms with Crippen molar-refractivity contribution in [3.05, 3.63) is 53.7 Å². The van der Waals surface area contributed by atoms with E-state index >= 15 is 0 Å². The second-order valence-corrected chi connectivity index (χ2v) is 7.48. The van der Waals surface area contributed by atoms with Gasteiger partial charge in [0.25, 0.3) is 0 Å². The topological polar surface area (TPSA) is 73.4 Å². The van der Waals surface area contributed by atoms with E-state index in [0.717, 1.165) is 26.3 Å². The molecule has 3 heterocycles. The van der Waals surface area contributed by atoms with Crippen LogP contribution in [0.15, 0.2) is 48.1 Å². The molecule has 0 unspecified atom stereocenters. The molecule has 0 aliphatic heterocycles. The third-order valence-corrected chi connectivity index (χ3v) is 5.79. The minimum absolute atomic E-state index is 0.149. The first kappa shape index (κ1) is 15.4. The van der Waals surface area contributed by atoms with Crippen LogP contribution in [0.5, 0.6) is 0 Å². The van der Waals surface area contributed by atoms with Gasteiger partial charge in [-0.3, -0.25) is 0 Å². The van der Waals surface area contributed by atoms with Gasteiger partial charge in [-0.05, 0) is 0 Å². The number of rotatable bonds is 4. The number of aromatic nitrogens is 2. The van der Waals surface area contributed by atoms with E-state index in [1.54, 1.807) is 23.7 Å². The molecule has 110 valence electrons. The summed E-state index contributed by atoms with van der Waals surface area (Å²) in [5.74, 6) is 0. The first-order valence-corrected chi connectivity index (χ1v) is 9.67. The molecule has 0 saturated heterocycles. The van der Waals surface area contributed by atoms with E-state index < -0.39 is 0 Å². The minimum atomic E-state index is -0.149. The number of pyridine rings is 2. The predicted octanol–water partition coefficient (Wildman–Crippen LogP) is 3.02. The van der Waals surface area contributed by atoms with Crippen LogP contribution in [0.4, 0.5) is 0 Å². The van der Waals surface area contributed by atoms with Crippen molar-refractivity contribution in [3.63, 3.8) is 0 Å². The van der Waals surface area contributed by atoms with Gasteiger partial charge in [0.05, 0.1) is 0 Å². The summed E-state index contributed by atoms with van der Waals surface area (Å²) in [6.45, 7) is 0. The van der Waals surface area contributed by atoms with Crippen molar-refractivity contribution in [3.8, 4) is 33.8 Å². The van der Waals surface area contributed by atoms with Crippen LogP contribution >= 0.6 is 11.3 Å². The van der Waals surface area contributed by atoms with Gasteiger partial charge in [0, 0.05) is 0 Å². The normalized spacial score (nSPS) is 10.0. The van der Waals surface area contributed by atoms with Gasteiger partial charge in [0.2, 0.25) is 0 Å². The van der Waals surface area contributed by atoms with E-state index in [-0.39, 0.29) is 15.0 Å². The van der Waals surface area contributed by atoms with Crippen molar-refractivity contribution in [2.24, 2.45) is 0 Å². The Labute approximate surface area is 144 Å². The number of hydrogen-bond acceptors (Lipinski definition) is 5. The number of nitrogens with zero attached hydrogens (tertiary/aromatic N) is 4. The molecule has 0 spiro atoms. The fourth-order valence-electron chi connectivity index (χ4n) is 2.12. The van der Waals surface area contributed by atoms with Gasteiger partial charge in [-0.15, -0.1) is 0 Å². The Bertz CT molecular complexity index is 893. The van der Waals surface area contributed by atoms with Crippen molar-refractivity contribution in [1.29, 1.82) is 10.5 Å². The van der Waals surface area contributed by atoms with Gasteiger partial charge in [-0.1, -0.05) is 0 Å². The average Bonchev–Trinajstić information content (AvgIpc) is 3.14. The summed E-state index contributed by atoms with van der Waals surface area (Å²) in [4.78, 5) is 9.81. The van der Waals surface area contributed by atoms with E-state index in [9.17, 15) is 5.26 Å². The summed E-state index contributed by atoms with van der Waals surface area (Å²) in [5.41, 5.74) is 3.15. The zero-order valence-electron chi connectivity index (χ0n) is 11.9. The van der Waals surface area contributed by atoms with Gasteiger partial charge in [-0.25, -0.2) is 0 Å². The van der Waals surface area contributed by atoms with Crippen molar-refractivity contribution in [1.82, 2.24) is 9.97 Å². The standard InChI is InChI=1S/C17H10N4SSe/c18-5-8-23-17-14(10-19)13(16-4-2-7-22-16)9-15(21-17)12-3-1-6-20-11-12/h1-4,6-7,9,11H,8H2. The number of nitriles is 2. The molecule has 0 aromatic carbocycles. The predicted molar refractivity (Wildman–Crippen MR) is 91.3 cm³/mol. The van der Waals surface area contributed by atoms with Crippen molar-refractivity contribution >= 4 is 30.9 Å². The molecule has 3 rings (SSSR count). The Morgan fingerprint density at radius 1 is 1.22 bits per heavy atom. The molecule has 6 heteroatoms. The molecule has 3 aromatic heterocycles. The summed E-state index contributed by atoms with van der Waals surface area (Å²) < 4.78 is 0.728. The molecule has 4 nitrogen and oxygen atoms in total. The third-order valence-electron chi connectivity index (χ3n) is 3.12. The fraction of sp³-hybridized carbons (Fsp3) is 0.0588. The van der Waals surface area contributed by atoms with Crippen LogP contribution in [-0.4, -0.2) is 24.9 Å². The molecule has 0 N–H and O–H groups in total. The van der Waals surface area contributed by atoms with Gasteiger partial charge in [0.1, 0.15) is 0 Å². The van der Waals surface area contributed by atoms with Crippen molar-refractivity contribution in [2.75, 3.05) is 0 Å². The molecule has 0 aliphatic rings. The Balaban J connectivity index is 2.21. The maximum absolute atomic E-state index is 9.59. The molecule has 0 saturated carbocycles. The van der Waals surface area contributed by atoms with E-state index in [1.165, 1.54) is 0 Å². The second kappa shape index (κ2) is 7.17. The Kier molecular flexibility index (Phi) is 4.80. The third kappa shape index (κ3) is 3.31. The summed E-state index contributed by atoms with van der Waals surface area (Å²) in [6.07, 6.45) is 3.47. The monoisotopic (exact) mass is 382 g/mol. The molecule has 0 aliphatic carbocycles. The van der Waals surface area contributed by atoms with Crippen LogP contribution in [0.3, 0.4) is 0 Å². The molecule has 0 atom stereocenters. The van der Waals surface area contributed by atoms with Crippen LogP contribution in [0.2, 0.25) is 5.32 Å². The molecule has 23 heavy (non-hydrogen) atoms. The first-order chi connectivity index (χ1) is 11.3. The molecule has 0 radical (unpaired) electrons. The SMILES string of the molecule is N#CC[Se]c1nc(-c2cccnc2)cc(-c2cccs2)c1C#N. The number of hydrogen-bond donors (Lipinski definition) is 0. The zero-order chi connectivity index (χ0) is 16.1. The molecule has 0 fully saturated rings. The van der Waals surface area contributed by atoms with Crippen LogP contribution in [0.25, 0.3) is 21.7 Å². The molecule has 0 bridgehead atoms. The van der Waals surface area contributed by atoms with Gasteiger partial charge < -0.3 is 0 Å².